The molecular formula is C18H23NO. The molecule has 1 aliphatic rings. The van der Waals surface area contributed by atoms with Crippen LogP contribution in [-0.2, 0) is 5.60 Å². The Balaban J connectivity index is 2.14. The van der Waals surface area contributed by atoms with E-state index in [1.54, 1.807) is 0 Å². The molecule has 106 valence electrons. The first-order chi connectivity index (χ1) is 9.40. The van der Waals surface area contributed by atoms with Crippen LogP contribution in [0, 0.1) is 11.3 Å². The highest BCUT2D eigenvalue weighted by molar-refractivity contribution is 5.82. The third-order valence-electron chi connectivity index (χ3n) is 4.49. The van der Waals surface area contributed by atoms with Crippen molar-refractivity contribution in [3.8, 4) is 0 Å². The molecule has 0 aliphatic heterocycles. The molecule has 2 atom stereocenters. The maximum Gasteiger partial charge on any atom is 0.0925 e. The Morgan fingerprint density at radius 3 is 2.65 bits per heavy atom. The molecule has 1 N–H and O–H groups in total. The van der Waals surface area contributed by atoms with Crippen LogP contribution in [0.1, 0.15) is 45.6 Å². The average molecular weight is 269 g/mol. The summed E-state index contributed by atoms with van der Waals surface area (Å²) in [5, 5.41) is 12.4. The molecule has 2 unspecified atom stereocenters. The van der Waals surface area contributed by atoms with Crippen LogP contribution in [0.15, 0.2) is 36.5 Å². The van der Waals surface area contributed by atoms with Crippen molar-refractivity contribution in [2.45, 2.75) is 45.6 Å². The summed E-state index contributed by atoms with van der Waals surface area (Å²) in [6.45, 7) is 6.75. The molecule has 1 aromatic heterocycles. The Hall–Kier alpha value is -1.41. The van der Waals surface area contributed by atoms with Crippen molar-refractivity contribution < 1.29 is 5.11 Å². The topological polar surface area (TPSA) is 33.1 Å². The van der Waals surface area contributed by atoms with Gasteiger partial charge in [0.2, 0.25) is 0 Å². The highest BCUT2D eigenvalue weighted by Crippen LogP contribution is 2.49. The fraction of sp³-hybridized carbons (Fsp3) is 0.500. The zero-order valence-electron chi connectivity index (χ0n) is 12.6. The van der Waals surface area contributed by atoms with Gasteiger partial charge in [0.05, 0.1) is 11.1 Å². The summed E-state index contributed by atoms with van der Waals surface area (Å²) >= 11 is 0. The molecule has 20 heavy (non-hydrogen) atoms. The predicted octanol–water partition coefficient (Wildman–Crippen LogP) is 4.27. The van der Waals surface area contributed by atoms with Crippen molar-refractivity contribution in [1.29, 1.82) is 0 Å². The van der Waals surface area contributed by atoms with Gasteiger partial charge in [-0.1, -0.05) is 45.0 Å². The largest absolute Gasteiger partial charge is 0.385 e. The van der Waals surface area contributed by atoms with Crippen LogP contribution in [-0.4, -0.2) is 10.1 Å². The Bertz CT molecular complexity index is 629. The average Bonchev–Trinajstić information content (AvgIpc) is 2.35. The lowest BCUT2D eigenvalue weighted by molar-refractivity contribution is -0.0625. The second-order valence-electron chi connectivity index (χ2n) is 7.27. The van der Waals surface area contributed by atoms with Crippen LogP contribution in [0.2, 0.25) is 0 Å². The number of pyridine rings is 1. The van der Waals surface area contributed by atoms with Crippen LogP contribution in [0.4, 0.5) is 0 Å². The number of nitrogens with zero attached hydrogens (tertiary/aromatic N) is 1. The predicted molar refractivity (Wildman–Crippen MR) is 82.4 cm³/mol. The molecule has 1 aromatic carbocycles. The molecule has 2 aromatic rings. The molecular weight excluding hydrogens is 246 g/mol. The van der Waals surface area contributed by atoms with E-state index in [2.05, 4.69) is 37.9 Å². The van der Waals surface area contributed by atoms with Gasteiger partial charge in [-0.2, -0.15) is 0 Å². The van der Waals surface area contributed by atoms with E-state index in [9.17, 15) is 5.11 Å². The van der Waals surface area contributed by atoms with Crippen LogP contribution in [0.5, 0.6) is 0 Å². The van der Waals surface area contributed by atoms with Crippen molar-refractivity contribution in [3.63, 3.8) is 0 Å². The van der Waals surface area contributed by atoms with E-state index in [0.29, 0.717) is 5.92 Å². The SMILES string of the molecule is CC1CC(C)(C)CC(O)(c2cccc3cccnc23)C1. The van der Waals surface area contributed by atoms with E-state index in [4.69, 9.17) is 0 Å². The summed E-state index contributed by atoms with van der Waals surface area (Å²) in [4.78, 5) is 4.51. The summed E-state index contributed by atoms with van der Waals surface area (Å²) in [5.74, 6) is 0.530. The molecule has 0 spiro atoms. The number of rotatable bonds is 1. The van der Waals surface area contributed by atoms with Crippen molar-refractivity contribution in [3.05, 3.63) is 42.1 Å². The van der Waals surface area contributed by atoms with Crippen molar-refractivity contribution in [1.82, 2.24) is 4.98 Å². The molecule has 0 bridgehead atoms. The Morgan fingerprint density at radius 2 is 1.90 bits per heavy atom. The van der Waals surface area contributed by atoms with E-state index >= 15 is 0 Å². The first-order valence-corrected chi connectivity index (χ1v) is 7.46. The third kappa shape index (κ3) is 2.33. The monoisotopic (exact) mass is 269 g/mol. The first-order valence-electron chi connectivity index (χ1n) is 7.46. The van der Waals surface area contributed by atoms with Crippen molar-refractivity contribution in [2.75, 3.05) is 0 Å². The van der Waals surface area contributed by atoms with Crippen molar-refractivity contribution >= 4 is 10.9 Å². The van der Waals surface area contributed by atoms with Crippen molar-refractivity contribution in [2.24, 2.45) is 11.3 Å². The maximum atomic E-state index is 11.3. The lowest BCUT2D eigenvalue weighted by Crippen LogP contribution is -2.40. The zero-order valence-corrected chi connectivity index (χ0v) is 12.6. The molecule has 0 saturated heterocycles. The molecule has 1 heterocycles. The van der Waals surface area contributed by atoms with E-state index in [0.717, 1.165) is 29.3 Å². The number of fused-ring (bicyclic) bond motifs is 1. The fourth-order valence-electron chi connectivity index (χ4n) is 4.21. The first kappa shape index (κ1) is 13.6. The Labute approximate surface area is 120 Å². The second-order valence-corrected chi connectivity index (χ2v) is 7.27. The number of aliphatic hydroxyl groups is 1. The minimum Gasteiger partial charge on any atom is -0.385 e. The normalized spacial score (nSPS) is 29.5. The van der Waals surface area contributed by atoms with Crippen LogP contribution in [0.3, 0.4) is 0 Å². The Morgan fingerprint density at radius 1 is 1.15 bits per heavy atom. The summed E-state index contributed by atoms with van der Waals surface area (Å²) in [6.07, 6.45) is 4.62. The molecule has 0 radical (unpaired) electrons. The molecule has 1 saturated carbocycles. The summed E-state index contributed by atoms with van der Waals surface area (Å²) < 4.78 is 0. The standard InChI is InChI=1S/C18H23NO/c1-13-10-17(2,3)12-18(20,11-13)15-8-4-6-14-7-5-9-19-16(14)15/h4-9,13,20H,10-12H2,1-3H3. The number of hydrogen-bond donors (Lipinski definition) is 1. The van der Waals surface area contributed by atoms with Gasteiger partial charge in [0.15, 0.2) is 0 Å². The van der Waals surface area contributed by atoms with Gasteiger partial charge in [-0.3, -0.25) is 4.98 Å². The zero-order chi connectivity index (χ0) is 14.4. The smallest absolute Gasteiger partial charge is 0.0925 e. The molecule has 2 heteroatoms. The van der Waals surface area contributed by atoms with Gasteiger partial charge >= 0.3 is 0 Å². The van der Waals surface area contributed by atoms with Crippen LogP contribution >= 0.6 is 0 Å². The van der Waals surface area contributed by atoms with E-state index in [1.165, 1.54) is 6.42 Å². The molecule has 2 nitrogen and oxygen atoms in total. The van der Waals surface area contributed by atoms with Gasteiger partial charge in [0.1, 0.15) is 0 Å². The maximum absolute atomic E-state index is 11.3. The number of hydrogen-bond acceptors (Lipinski definition) is 2. The minimum atomic E-state index is -0.755. The molecule has 0 amide bonds. The summed E-state index contributed by atoms with van der Waals surface area (Å²) in [5.41, 5.74) is 1.36. The Kier molecular flexibility index (Phi) is 3.09. The van der Waals surface area contributed by atoms with E-state index in [1.807, 2.05) is 24.4 Å². The third-order valence-corrected chi connectivity index (χ3v) is 4.49. The number of para-hydroxylation sites is 1. The lowest BCUT2D eigenvalue weighted by Gasteiger charge is -2.45. The highest BCUT2D eigenvalue weighted by atomic mass is 16.3. The van der Waals surface area contributed by atoms with Gasteiger partial charge in [-0.15, -0.1) is 0 Å². The van der Waals surface area contributed by atoms with Gasteiger partial charge in [0, 0.05) is 17.1 Å². The fourth-order valence-corrected chi connectivity index (χ4v) is 4.21. The molecule has 3 rings (SSSR count). The minimum absolute atomic E-state index is 0.170. The summed E-state index contributed by atoms with van der Waals surface area (Å²) in [7, 11) is 0. The highest BCUT2D eigenvalue weighted by Gasteiger charge is 2.43. The van der Waals surface area contributed by atoms with Crippen LogP contribution in [0.25, 0.3) is 10.9 Å². The van der Waals surface area contributed by atoms with Gasteiger partial charge < -0.3 is 5.11 Å². The van der Waals surface area contributed by atoms with Gasteiger partial charge in [-0.25, -0.2) is 0 Å². The molecule has 1 aliphatic carbocycles. The molecule has 1 fully saturated rings. The van der Waals surface area contributed by atoms with Gasteiger partial charge in [-0.05, 0) is 36.7 Å². The van der Waals surface area contributed by atoms with Gasteiger partial charge in [0.25, 0.3) is 0 Å². The van der Waals surface area contributed by atoms with E-state index < -0.39 is 5.60 Å². The quantitative estimate of drug-likeness (QED) is 0.838. The lowest BCUT2D eigenvalue weighted by atomic mass is 9.63. The number of aromatic nitrogens is 1. The van der Waals surface area contributed by atoms with Crippen LogP contribution < -0.4 is 0 Å². The van der Waals surface area contributed by atoms with E-state index in [-0.39, 0.29) is 5.41 Å². The second kappa shape index (κ2) is 4.56. The summed E-state index contributed by atoms with van der Waals surface area (Å²) in [6, 6.07) is 10.1. The number of benzene rings is 1.